The molecule has 124 valence electrons. The first-order chi connectivity index (χ1) is 11.0. The smallest absolute Gasteiger partial charge is 0.178 e. The number of ether oxygens (including phenoxy) is 1. The molecule has 0 saturated carbocycles. The number of rotatable bonds is 8. The van der Waals surface area contributed by atoms with Crippen LogP contribution in [-0.4, -0.2) is 42.4 Å². The lowest BCUT2D eigenvalue weighted by Crippen LogP contribution is -2.28. The van der Waals surface area contributed by atoms with Gasteiger partial charge in [-0.3, -0.25) is 9.69 Å². The highest BCUT2D eigenvalue weighted by Gasteiger charge is 2.13. The van der Waals surface area contributed by atoms with E-state index in [-0.39, 0.29) is 5.78 Å². The molecule has 1 aromatic heterocycles. The van der Waals surface area contributed by atoms with E-state index in [2.05, 4.69) is 4.98 Å². The molecule has 4 nitrogen and oxygen atoms in total. The van der Waals surface area contributed by atoms with Gasteiger partial charge in [0.2, 0.25) is 0 Å². The summed E-state index contributed by atoms with van der Waals surface area (Å²) < 4.78 is 5.78. The molecule has 2 rings (SSSR count). The van der Waals surface area contributed by atoms with Crippen LogP contribution in [0.15, 0.2) is 30.3 Å². The number of nitrogens with one attached hydrogen (secondary N) is 1. The minimum atomic E-state index is 0.161. The van der Waals surface area contributed by atoms with Gasteiger partial charge in [-0.2, -0.15) is 0 Å². The van der Waals surface area contributed by atoms with Crippen LogP contribution in [0.25, 0.3) is 0 Å². The average molecular weight is 314 g/mol. The molecule has 0 bridgehead atoms. The van der Waals surface area contributed by atoms with E-state index in [9.17, 15) is 4.79 Å². The van der Waals surface area contributed by atoms with Gasteiger partial charge in [0.25, 0.3) is 0 Å². The Hall–Kier alpha value is -2.07. The quantitative estimate of drug-likeness (QED) is 0.599. The summed E-state index contributed by atoms with van der Waals surface area (Å²) in [4.78, 5) is 17.5. The highest BCUT2D eigenvalue weighted by Crippen LogP contribution is 2.16. The van der Waals surface area contributed by atoms with Crippen LogP contribution < -0.4 is 4.74 Å². The lowest BCUT2D eigenvalue weighted by atomic mass is 10.1. The summed E-state index contributed by atoms with van der Waals surface area (Å²) in [5.74, 6) is 1.10. The minimum Gasteiger partial charge on any atom is -0.493 e. The molecule has 2 aromatic rings. The SMILES string of the molecule is Cc1cc(C(=O)CN(C)CCCOc2ccccc2C)c(C)[nH]1. The van der Waals surface area contributed by atoms with Crippen molar-refractivity contribution in [2.45, 2.75) is 27.2 Å². The molecule has 1 heterocycles. The molecule has 23 heavy (non-hydrogen) atoms. The number of Topliss-reactive ketones (excluding diaryl/α,β-unsaturated/α-hetero) is 1. The van der Waals surface area contributed by atoms with E-state index >= 15 is 0 Å². The highest BCUT2D eigenvalue weighted by molar-refractivity contribution is 5.98. The maximum absolute atomic E-state index is 12.3. The summed E-state index contributed by atoms with van der Waals surface area (Å²) in [5.41, 5.74) is 3.92. The Labute approximate surface area is 138 Å². The molecular weight excluding hydrogens is 288 g/mol. The van der Waals surface area contributed by atoms with E-state index in [1.54, 1.807) is 0 Å². The van der Waals surface area contributed by atoms with Crippen LogP contribution in [0, 0.1) is 20.8 Å². The lowest BCUT2D eigenvalue weighted by molar-refractivity contribution is 0.0942. The number of H-pyrrole nitrogens is 1. The topological polar surface area (TPSA) is 45.3 Å². The second kappa shape index (κ2) is 7.97. The van der Waals surface area contributed by atoms with E-state index < -0.39 is 0 Å². The number of carbonyl (C=O) groups is 1. The molecular formula is C19H26N2O2. The van der Waals surface area contributed by atoms with E-state index in [0.29, 0.717) is 13.2 Å². The fourth-order valence-corrected chi connectivity index (χ4v) is 2.66. The summed E-state index contributed by atoms with van der Waals surface area (Å²) in [5, 5.41) is 0. The molecule has 0 saturated heterocycles. The average Bonchev–Trinajstić information content (AvgIpc) is 2.84. The zero-order chi connectivity index (χ0) is 16.8. The molecule has 0 atom stereocenters. The Morgan fingerprint density at radius 1 is 1.22 bits per heavy atom. The molecule has 0 amide bonds. The molecule has 1 aromatic carbocycles. The Morgan fingerprint density at radius 3 is 2.61 bits per heavy atom. The number of aryl methyl sites for hydroxylation is 3. The van der Waals surface area contributed by atoms with E-state index in [1.165, 1.54) is 0 Å². The number of nitrogens with zero attached hydrogens (tertiary/aromatic N) is 1. The third-order valence-corrected chi connectivity index (χ3v) is 3.90. The van der Waals surface area contributed by atoms with E-state index in [0.717, 1.165) is 41.2 Å². The summed E-state index contributed by atoms with van der Waals surface area (Å²) in [6.45, 7) is 7.88. The van der Waals surface area contributed by atoms with Crippen LogP contribution in [0.2, 0.25) is 0 Å². The number of benzene rings is 1. The lowest BCUT2D eigenvalue weighted by Gasteiger charge is -2.16. The van der Waals surface area contributed by atoms with Crippen LogP contribution in [0.4, 0.5) is 0 Å². The minimum absolute atomic E-state index is 0.161. The van der Waals surface area contributed by atoms with E-state index in [4.69, 9.17) is 4.74 Å². The van der Waals surface area contributed by atoms with Gasteiger partial charge in [0.05, 0.1) is 13.2 Å². The molecule has 0 aliphatic carbocycles. The Balaban J connectivity index is 1.73. The third kappa shape index (κ3) is 4.96. The molecule has 0 unspecified atom stereocenters. The largest absolute Gasteiger partial charge is 0.493 e. The number of para-hydroxylation sites is 1. The van der Waals surface area contributed by atoms with Gasteiger partial charge < -0.3 is 9.72 Å². The Bertz CT molecular complexity index is 661. The Morgan fingerprint density at radius 2 is 1.96 bits per heavy atom. The number of likely N-dealkylation sites (N-methyl/N-ethyl adjacent to an activating group) is 1. The summed E-state index contributed by atoms with van der Waals surface area (Å²) in [7, 11) is 1.97. The summed E-state index contributed by atoms with van der Waals surface area (Å²) >= 11 is 0. The normalized spacial score (nSPS) is 11.0. The number of hydrogen-bond acceptors (Lipinski definition) is 3. The maximum atomic E-state index is 12.3. The number of ketones is 1. The van der Waals surface area contributed by atoms with Gasteiger partial charge in [-0.25, -0.2) is 0 Å². The fourth-order valence-electron chi connectivity index (χ4n) is 2.66. The van der Waals surface area contributed by atoms with Gasteiger partial charge in [0.15, 0.2) is 5.78 Å². The van der Waals surface area contributed by atoms with Crippen LogP contribution in [0.1, 0.15) is 33.7 Å². The summed E-state index contributed by atoms with van der Waals surface area (Å²) in [6, 6.07) is 9.94. The predicted molar refractivity (Wildman–Crippen MR) is 93.4 cm³/mol. The second-order valence-corrected chi connectivity index (χ2v) is 6.12. The van der Waals surface area contributed by atoms with Gasteiger partial charge in [0.1, 0.15) is 5.75 Å². The van der Waals surface area contributed by atoms with Crippen molar-refractivity contribution in [2.24, 2.45) is 0 Å². The molecule has 1 N–H and O–H groups in total. The van der Waals surface area contributed by atoms with Crippen molar-refractivity contribution >= 4 is 5.78 Å². The standard InChI is InChI=1S/C19H26N2O2/c1-14-8-5-6-9-19(14)23-11-7-10-21(4)13-18(22)17-12-15(2)20-16(17)3/h5-6,8-9,12,20H,7,10-11,13H2,1-4H3. The number of aromatic amines is 1. The van der Waals surface area contributed by atoms with Gasteiger partial charge >= 0.3 is 0 Å². The Kier molecular flexibility index (Phi) is 5.99. The van der Waals surface area contributed by atoms with Crippen molar-refractivity contribution in [2.75, 3.05) is 26.7 Å². The molecule has 0 radical (unpaired) electrons. The number of carbonyl (C=O) groups excluding carboxylic acids is 1. The van der Waals surface area contributed by atoms with Crippen molar-refractivity contribution in [3.63, 3.8) is 0 Å². The number of hydrogen-bond donors (Lipinski definition) is 1. The fraction of sp³-hybridized carbons (Fsp3) is 0.421. The summed E-state index contributed by atoms with van der Waals surface area (Å²) in [6.07, 6.45) is 0.892. The zero-order valence-corrected chi connectivity index (χ0v) is 14.5. The first kappa shape index (κ1) is 17.3. The maximum Gasteiger partial charge on any atom is 0.178 e. The van der Waals surface area contributed by atoms with Gasteiger partial charge in [-0.05, 0) is 51.9 Å². The van der Waals surface area contributed by atoms with Crippen molar-refractivity contribution in [3.8, 4) is 5.75 Å². The number of aromatic nitrogens is 1. The van der Waals surface area contributed by atoms with Gasteiger partial charge in [-0.1, -0.05) is 18.2 Å². The van der Waals surface area contributed by atoms with E-state index in [1.807, 2.05) is 63.1 Å². The van der Waals surface area contributed by atoms with Crippen LogP contribution in [-0.2, 0) is 0 Å². The molecule has 0 aliphatic heterocycles. The van der Waals surface area contributed by atoms with Crippen molar-refractivity contribution in [1.29, 1.82) is 0 Å². The third-order valence-electron chi connectivity index (χ3n) is 3.90. The van der Waals surface area contributed by atoms with Crippen LogP contribution >= 0.6 is 0 Å². The van der Waals surface area contributed by atoms with Gasteiger partial charge in [0, 0.05) is 23.5 Å². The zero-order valence-electron chi connectivity index (χ0n) is 14.5. The monoisotopic (exact) mass is 314 g/mol. The molecule has 0 aliphatic rings. The molecule has 0 fully saturated rings. The van der Waals surface area contributed by atoms with Crippen molar-refractivity contribution < 1.29 is 9.53 Å². The first-order valence-corrected chi connectivity index (χ1v) is 8.03. The van der Waals surface area contributed by atoms with Gasteiger partial charge in [-0.15, -0.1) is 0 Å². The first-order valence-electron chi connectivity index (χ1n) is 8.03. The predicted octanol–water partition coefficient (Wildman–Crippen LogP) is 3.52. The highest BCUT2D eigenvalue weighted by atomic mass is 16.5. The van der Waals surface area contributed by atoms with Crippen molar-refractivity contribution in [3.05, 3.63) is 52.8 Å². The van der Waals surface area contributed by atoms with Crippen LogP contribution in [0.5, 0.6) is 5.75 Å². The van der Waals surface area contributed by atoms with Crippen LogP contribution in [0.3, 0.4) is 0 Å². The van der Waals surface area contributed by atoms with Crippen molar-refractivity contribution in [1.82, 2.24) is 9.88 Å². The molecule has 4 heteroatoms. The second-order valence-electron chi connectivity index (χ2n) is 6.12. The molecule has 0 spiro atoms.